The maximum atomic E-state index is 11.4. The zero-order valence-electron chi connectivity index (χ0n) is 16.0. The van der Waals surface area contributed by atoms with Crippen molar-refractivity contribution in [3.05, 3.63) is 29.8 Å². The molecule has 0 saturated heterocycles. The highest BCUT2D eigenvalue weighted by molar-refractivity contribution is 5.89. The van der Waals surface area contributed by atoms with E-state index in [-0.39, 0.29) is 5.97 Å². The van der Waals surface area contributed by atoms with Crippen molar-refractivity contribution in [1.29, 1.82) is 0 Å². The SMILES string of the molecule is CCCCCC1CCCCC1CCCOc1ccc(C(=O)OC)cc1. The molecule has 1 fully saturated rings. The van der Waals surface area contributed by atoms with Crippen molar-refractivity contribution in [3.63, 3.8) is 0 Å². The van der Waals surface area contributed by atoms with Crippen LogP contribution in [-0.2, 0) is 4.74 Å². The number of rotatable bonds is 10. The molecule has 1 aromatic rings. The Balaban J connectivity index is 1.69. The van der Waals surface area contributed by atoms with E-state index in [1.165, 1.54) is 64.9 Å². The van der Waals surface area contributed by atoms with Crippen LogP contribution in [-0.4, -0.2) is 19.7 Å². The van der Waals surface area contributed by atoms with Crippen molar-refractivity contribution in [1.82, 2.24) is 0 Å². The van der Waals surface area contributed by atoms with E-state index in [0.29, 0.717) is 5.56 Å². The first-order chi connectivity index (χ1) is 12.2. The molecule has 0 bridgehead atoms. The molecule has 3 nitrogen and oxygen atoms in total. The maximum absolute atomic E-state index is 11.4. The number of hydrogen-bond donors (Lipinski definition) is 0. The standard InChI is InChI=1S/C22H34O3/c1-3-4-5-9-18-10-6-7-11-19(18)12-8-17-25-21-15-13-20(14-16-21)22(23)24-2/h13-16,18-19H,3-12,17H2,1-2H3. The number of esters is 1. The van der Waals surface area contributed by atoms with Gasteiger partial charge >= 0.3 is 5.97 Å². The molecule has 25 heavy (non-hydrogen) atoms. The zero-order valence-corrected chi connectivity index (χ0v) is 16.0. The quantitative estimate of drug-likeness (QED) is 0.384. The summed E-state index contributed by atoms with van der Waals surface area (Å²) in [5.41, 5.74) is 0.562. The van der Waals surface area contributed by atoms with Crippen molar-refractivity contribution < 1.29 is 14.3 Å². The lowest BCUT2D eigenvalue weighted by Crippen LogP contribution is -2.20. The first-order valence-electron chi connectivity index (χ1n) is 10.1. The van der Waals surface area contributed by atoms with E-state index >= 15 is 0 Å². The molecule has 0 aliphatic heterocycles. The smallest absolute Gasteiger partial charge is 0.337 e. The molecular weight excluding hydrogens is 312 g/mol. The Labute approximate surface area is 153 Å². The molecule has 2 atom stereocenters. The second kappa shape index (κ2) is 11.2. The highest BCUT2D eigenvalue weighted by Gasteiger charge is 2.24. The first kappa shape index (κ1) is 19.8. The van der Waals surface area contributed by atoms with Crippen LogP contribution in [0.3, 0.4) is 0 Å². The summed E-state index contributed by atoms with van der Waals surface area (Å²) >= 11 is 0. The Morgan fingerprint density at radius 2 is 1.64 bits per heavy atom. The fourth-order valence-electron chi connectivity index (χ4n) is 4.04. The van der Waals surface area contributed by atoms with Gasteiger partial charge < -0.3 is 9.47 Å². The van der Waals surface area contributed by atoms with Gasteiger partial charge in [0.25, 0.3) is 0 Å². The predicted octanol–water partition coefficient (Wildman–Crippen LogP) is 6.02. The summed E-state index contributed by atoms with van der Waals surface area (Å²) in [7, 11) is 1.40. The lowest BCUT2D eigenvalue weighted by atomic mass is 9.74. The van der Waals surface area contributed by atoms with Crippen LogP contribution in [0.25, 0.3) is 0 Å². The van der Waals surface area contributed by atoms with Crippen LogP contribution >= 0.6 is 0 Å². The minimum Gasteiger partial charge on any atom is -0.494 e. The van der Waals surface area contributed by atoms with E-state index < -0.39 is 0 Å². The number of unbranched alkanes of at least 4 members (excludes halogenated alkanes) is 2. The molecule has 1 aromatic carbocycles. The van der Waals surface area contributed by atoms with Crippen molar-refractivity contribution >= 4 is 5.97 Å². The van der Waals surface area contributed by atoms with Crippen LogP contribution < -0.4 is 4.74 Å². The summed E-state index contributed by atoms with van der Waals surface area (Å²) < 4.78 is 10.6. The second-order valence-corrected chi connectivity index (χ2v) is 7.31. The molecule has 1 saturated carbocycles. The van der Waals surface area contributed by atoms with Crippen LogP contribution in [0.4, 0.5) is 0 Å². The van der Waals surface area contributed by atoms with Crippen LogP contribution in [0.5, 0.6) is 5.75 Å². The lowest BCUT2D eigenvalue weighted by molar-refractivity contribution is 0.0600. The molecule has 0 heterocycles. The molecule has 0 radical (unpaired) electrons. The zero-order chi connectivity index (χ0) is 17.9. The second-order valence-electron chi connectivity index (χ2n) is 7.31. The van der Waals surface area contributed by atoms with Crippen LogP contribution in [0.1, 0.15) is 81.5 Å². The monoisotopic (exact) mass is 346 g/mol. The Morgan fingerprint density at radius 3 is 2.24 bits per heavy atom. The van der Waals surface area contributed by atoms with E-state index in [4.69, 9.17) is 9.47 Å². The number of carbonyl (C=O) groups is 1. The van der Waals surface area contributed by atoms with E-state index in [9.17, 15) is 4.79 Å². The van der Waals surface area contributed by atoms with Crippen LogP contribution in [0.15, 0.2) is 24.3 Å². The van der Waals surface area contributed by atoms with Gasteiger partial charge in [-0.25, -0.2) is 4.79 Å². The van der Waals surface area contributed by atoms with Gasteiger partial charge in [-0.15, -0.1) is 0 Å². The van der Waals surface area contributed by atoms with Crippen molar-refractivity contribution in [2.24, 2.45) is 11.8 Å². The number of benzene rings is 1. The fraction of sp³-hybridized carbons (Fsp3) is 0.682. The van der Waals surface area contributed by atoms with E-state index in [1.54, 1.807) is 12.1 Å². The third-order valence-corrected chi connectivity index (χ3v) is 5.51. The van der Waals surface area contributed by atoms with E-state index in [0.717, 1.165) is 30.6 Å². The topological polar surface area (TPSA) is 35.5 Å². The summed E-state index contributed by atoms with van der Waals surface area (Å²) in [6.07, 6.45) is 13.6. The van der Waals surface area contributed by atoms with Gasteiger partial charge in [0, 0.05) is 0 Å². The minimum absolute atomic E-state index is 0.307. The van der Waals surface area contributed by atoms with Gasteiger partial charge in [0.15, 0.2) is 0 Å². The Hall–Kier alpha value is -1.51. The highest BCUT2D eigenvalue weighted by atomic mass is 16.5. The lowest BCUT2D eigenvalue weighted by Gasteiger charge is -2.31. The minimum atomic E-state index is -0.307. The molecule has 0 N–H and O–H groups in total. The highest BCUT2D eigenvalue weighted by Crippen LogP contribution is 2.36. The van der Waals surface area contributed by atoms with Crippen molar-refractivity contribution in [3.8, 4) is 5.75 Å². The van der Waals surface area contributed by atoms with Gasteiger partial charge in [-0.05, 0) is 48.9 Å². The molecule has 3 heteroatoms. The fourth-order valence-corrected chi connectivity index (χ4v) is 4.04. The number of hydrogen-bond acceptors (Lipinski definition) is 3. The number of methoxy groups -OCH3 is 1. The van der Waals surface area contributed by atoms with Gasteiger partial charge in [-0.2, -0.15) is 0 Å². The van der Waals surface area contributed by atoms with Crippen LogP contribution in [0, 0.1) is 11.8 Å². The first-order valence-corrected chi connectivity index (χ1v) is 10.1. The number of carbonyl (C=O) groups excluding carboxylic acids is 1. The Kier molecular flexibility index (Phi) is 8.85. The summed E-state index contributed by atoms with van der Waals surface area (Å²) in [4.78, 5) is 11.4. The normalized spacial score (nSPS) is 20.2. The molecule has 1 aliphatic carbocycles. The predicted molar refractivity (Wildman–Crippen MR) is 102 cm³/mol. The summed E-state index contributed by atoms with van der Waals surface area (Å²) in [6, 6.07) is 7.21. The third-order valence-electron chi connectivity index (χ3n) is 5.51. The molecule has 0 aromatic heterocycles. The molecule has 1 aliphatic rings. The summed E-state index contributed by atoms with van der Waals surface area (Å²) in [5, 5.41) is 0. The average molecular weight is 347 g/mol. The molecular formula is C22H34O3. The molecule has 2 rings (SSSR count). The van der Waals surface area contributed by atoms with E-state index in [1.807, 2.05) is 12.1 Å². The molecule has 0 amide bonds. The maximum Gasteiger partial charge on any atom is 0.337 e. The van der Waals surface area contributed by atoms with Crippen LogP contribution in [0.2, 0.25) is 0 Å². The van der Waals surface area contributed by atoms with Gasteiger partial charge in [0.05, 0.1) is 19.3 Å². The van der Waals surface area contributed by atoms with Gasteiger partial charge in [-0.3, -0.25) is 0 Å². The Morgan fingerprint density at radius 1 is 1.00 bits per heavy atom. The third kappa shape index (κ3) is 6.72. The number of ether oxygens (including phenoxy) is 2. The van der Waals surface area contributed by atoms with E-state index in [2.05, 4.69) is 6.92 Å². The molecule has 140 valence electrons. The van der Waals surface area contributed by atoms with Gasteiger partial charge in [0.2, 0.25) is 0 Å². The molecule has 2 unspecified atom stereocenters. The Bertz CT molecular complexity index is 494. The average Bonchev–Trinajstić information content (AvgIpc) is 2.66. The van der Waals surface area contributed by atoms with Gasteiger partial charge in [0.1, 0.15) is 5.75 Å². The largest absolute Gasteiger partial charge is 0.494 e. The molecule has 0 spiro atoms. The summed E-state index contributed by atoms with van der Waals surface area (Å²) in [5.74, 6) is 2.37. The van der Waals surface area contributed by atoms with Crippen molar-refractivity contribution in [2.45, 2.75) is 71.1 Å². The van der Waals surface area contributed by atoms with Crippen molar-refractivity contribution in [2.75, 3.05) is 13.7 Å². The van der Waals surface area contributed by atoms with Gasteiger partial charge in [-0.1, -0.05) is 58.3 Å². The summed E-state index contributed by atoms with van der Waals surface area (Å²) in [6.45, 7) is 3.04.